The predicted octanol–water partition coefficient (Wildman–Crippen LogP) is 2.72. The van der Waals surface area contributed by atoms with Gasteiger partial charge < -0.3 is 4.74 Å². The lowest BCUT2D eigenvalue weighted by Crippen LogP contribution is -1.91. The first-order valence-corrected chi connectivity index (χ1v) is 4.46. The Morgan fingerprint density at radius 2 is 1.67 bits per heavy atom. The fraction of sp³-hybridized carbons (Fsp3) is 0.0909. The molecular weight excluding hydrogens is 195 g/mol. The first-order chi connectivity index (χ1) is 7.24. The summed E-state index contributed by atoms with van der Waals surface area (Å²) in [6.45, 7) is 1.98. The highest BCUT2D eigenvalue weighted by Crippen LogP contribution is 2.17. The minimum Gasteiger partial charge on any atom is -0.424 e. The van der Waals surface area contributed by atoms with Gasteiger partial charge >= 0.3 is 6.01 Å². The van der Waals surface area contributed by atoms with Crippen molar-refractivity contribution in [1.29, 1.82) is 0 Å². The lowest BCUT2D eigenvalue weighted by molar-refractivity contribution is 0.436. The van der Waals surface area contributed by atoms with Crippen molar-refractivity contribution >= 4 is 0 Å². The lowest BCUT2D eigenvalue weighted by Gasteiger charge is -2.02. The Hall–Kier alpha value is -1.97. The largest absolute Gasteiger partial charge is 0.424 e. The number of benzene rings is 1. The van der Waals surface area contributed by atoms with Crippen LogP contribution in [0.2, 0.25) is 0 Å². The fourth-order valence-corrected chi connectivity index (χ4v) is 1.06. The zero-order valence-corrected chi connectivity index (χ0v) is 8.14. The smallest absolute Gasteiger partial charge is 0.322 e. The highest BCUT2D eigenvalue weighted by molar-refractivity contribution is 5.28. The second-order valence-electron chi connectivity index (χ2n) is 3.10. The van der Waals surface area contributed by atoms with Crippen LogP contribution in [0.25, 0.3) is 0 Å². The molecule has 76 valence electrons. The molecule has 3 nitrogen and oxygen atoms in total. The number of rotatable bonds is 2. The van der Waals surface area contributed by atoms with Crippen LogP contribution in [0.4, 0.5) is 4.39 Å². The lowest BCUT2D eigenvalue weighted by atomic mass is 10.2. The van der Waals surface area contributed by atoms with Crippen LogP contribution in [0, 0.1) is 12.7 Å². The van der Waals surface area contributed by atoms with Gasteiger partial charge in [0.15, 0.2) is 5.82 Å². The topological polar surface area (TPSA) is 35.0 Å². The minimum atomic E-state index is -0.480. The fourth-order valence-electron chi connectivity index (χ4n) is 1.06. The van der Waals surface area contributed by atoms with E-state index in [0.717, 1.165) is 18.0 Å². The van der Waals surface area contributed by atoms with Gasteiger partial charge in [-0.25, -0.2) is 14.4 Å². The number of aromatic nitrogens is 2. The van der Waals surface area contributed by atoms with Crippen LogP contribution in [0.15, 0.2) is 36.7 Å². The Morgan fingerprint density at radius 3 is 2.27 bits per heavy atom. The van der Waals surface area contributed by atoms with E-state index in [9.17, 15) is 4.39 Å². The van der Waals surface area contributed by atoms with Crippen molar-refractivity contribution in [3.05, 3.63) is 48.0 Å². The van der Waals surface area contributed by atoms with Gasteiger partial charge in [0, 0.05) is 0 Å². The van der Waals surface area contributed by atoms with E-state index in [1.807, 2.05) is 31.2 Å². The van der Waals surface area contributed by atoms with E-state index in [-0.39, 0.29) is 6.01 Å². The van der Waals surface area contributed by atoms with E-state index >= 15 is 0 Å². The summed E-state index contributed by atoms with van der Waals surface area (Å²) in [6, 6.07) is 7.59. The summed E-state index contributed by atoms with van der Waals surface area (Å²) in [5, 5.41) is 0. The third kappa shape index (κ3) is 2.49. The zero-order valence-electron chi connectivity index (χ0n) is 8.14. The Kier molecular flexibility index (Phi) is 2.58. The summed E-state index contributed by atoms with van der Waals surface area (Å²) in [4.78, 5) is 7.38. The molecule has 0 spiro atoms. The SMILES string of the molecule is Cc1ccc(Oc2ncc(F)cn2)cc1. The Labute approximate surface area is 86.6 Å². The maximum Gasteiger partial charge on any atom is 0.322 e. The van der Waals surface area contributed by atoms with Crippen LogP contribution >= 0.6 is 0 Å². The summed E-state index contributed by atoms with van der Waals surface area (Å²) >= 11 is 0. The summed E-state index contributed by atoms with van der Waals surface area (Å²) < 4.78 is 17.8. The molecule has 0 amide bonds. The van der Waals surface area contributed by atoms with E-state index in [1.54, 1.807) is 0 Å². The molecule has 0 saturated heterocycles. The summed E-state index contributed by atoms with van der Waals surface area (Å²) in [7, 11) is 0. The van der Waals surface area contributed by atoms with Gasteiger partial charge in [0.05, 0.1) is 12.4 Å². The van der Waals surface area contributed by atoms with Gasteiger partial charge in [-0.15, -0.1) is 0 Å². The van der Waals surface area contributed by atoms with Gasteiger partial charge in [-0.2, -0.15) is 0 Å². The van der Waals surface area contributed by atoms with Crippen molar-refractivity contribution in [3.8, 4) is 11.8 Å². The molecule has 0 radical (unpaired) electrons. The van der Waals surface area contributed by atoms with Crippen molar-refractivity contribution in [2.45, 2.75) is 6.92 Å². The summed E-state index contributed by atoms with van der Waals surface area (Å²) in [5.74, 6) is 0.151. The number of ether oxygens (including phenoxy) is 1. The number of aryl methyl sites for hydroxylation is 1. The highest BCUT2D eigenvalue weighted by Gasteiger charge is 1.99. The molecular formula is C11H9FN2O. The summed E-state index contributed by atoms with van der Waals surface area (Å²) in [6.07, 6.45) is 2.13. The molecule has 0 atom stereocenters. The monoisotopic (exact) mass is 204 g/mol. The van der Waals surface area contributed by atoms with E-state index in [1.165, 1.54) is 0 Å². The van der Waals surface area contributed by atoms with Crippen LogP contribution in [0.3, 0.4) is 0 Å². The molecule has 2 rings (SSSR count). The molecule has 0 aliphatic rings. The first-order valence-electron chi connectivity index (χ1n) is 4.46. The molecule has 0 aliphatic heterocycles. The van der Waals surface area contributed by atoms with Crippen molar-refractivity contribution in [3.63, 3.8) is 0 Å². The van der Waals surface area contributed by atoms with Crippen molar-refractivity contribution in [2.75, 3.05) is 0 Å². The predicted molar refractivity (Wildman–Crippen MR) is 53.2 cm³/mol. The normalized spacial score (nSPS) is 10.0. The van der Waals surface area contributed by atoms with Gasteiger partial charge in [0.1, 0.15) is 5.75 Å². The van der Waals surface area contributed by atoms with Crippen LogP contribution < -0.4 is 4.74 Å². The molecule has 0 unspecified atom stereocenters. The van der Waals surface area contributed by atoms with Crippen LogP contribution in [0.1, 0.15) is 5.56 Å². The summed E-state index contributed by atoms with van der Waals surface area (Å²) in [5.41, 5.74) is 1.14. The van der Waals surface area contributed by atoms with Gasteiger partial charge in [-0.05, 0) is 19.1 Å². The zero-order chi connectivity index (χ0) is 10.7. The third-order valence-corrected chi connectivity index (χ3v) is 1.83. The van der Waals surface area contributed by atoms with E-state index in [0.29, 0.717) is 5.75 Å². The average Bonchev–Trinajstić information content (AvgIpc) is 2.25. The molecule has 0 fully saturated rings. The van der Waals surface area contributed by atoms with Crippen molar-refractivity contribution in [1.82, 2.24) is 9.97 Å². The number of hydrogen-bond acceptors (Lipinski definition) is 3. The maximum atomic E-state index is 12.5. The second kappa shape index (κ2) is 4.04. The quantitative estimate of drug-likeness (QED) is 0.754. The standard InChI is InChI=1S/C11H9FN2O/c1-8-2-4-10(5-3-8)15-11-13-6-9(12)7-14-11/h2-7H,1H3. The van der Waals surface area contributed by atoms with Crippen LogP contribution in [0.5, 0.6) is 11.8 Å². The van der Waals surface area contributed by atoms with Crippen LogP contribution in [-0.4, -0.2) is 9.97 Å². The van der Waals surface area contributed by atoms with Gasteiger partial charge in [0.2, 0.25) is 0 Å². The molecule has 1 heterocycles. The second-order valence-corrected chi connectivity index (χ2v) is 3.10. The maximum absolute atomic E-state index is 12.5. The third-order valence-electron chi connectivity index (χ3n) is 1.83. The van der Waals surface area contributed by atoms with Gasteiger partial charge in [0.25, 0.3) is 0 Å². The average molecular weight is 204 g/mol. The molecule has 0 saturated carbocycles. The van der Waals surface area contributed by atoms with Gasteiger partial charge in [-0.3, -0.25) is 0 Å². The molecule has 1 aromatic heterocycles. The highest BCUT2D eigenvalue weighted by atomic mass is 19.1. The molecule has 2 aromatic rings. The minimum absolute atomic E-state index is 0.139. The molecule has 15 heavy (non-hydrogen) atoms. The molecule has 1 aromatic carbocycles. The molecule has 0 aliphatic carbocycles. The van der Waals surface area contributed by atoms with Crippen molar-refractivity contribution in [2.24, 2.45) is 0 Å². The molecule has 4 heteroatoms. The van der Waals surface area contributed by atoms with E-state index in [4.69, 9.17) is 4.74 Å². The van der Waals surface area contributed by atoms with Gasteiger partial charge in [-0.1, -0.05) is 17.7 Å². The Balaban J connectivity index is 2.15. The molecule has 0 N–H and O–H groups in total. The van der Waals surface area contributed by atoms with Crippen LogP contribution in [-0.2, 0) is 0 Å². The number of hydrogen-bond donors (Lipinski definition) is 0. The number of halogens is 1. The Morgan fingerprint density at radius 1 is 1.07 bits per heavy atom. The van der Waals surface area contributed by atoms with Crippen molar-refractivity contribution < 1.29 is 9.13 Å². The number of nitrogens with zero attached hydrogens (tertiary/aromatic N) is 2. The van der Waals surface area contributed by atoms with E-state index < -0.39 is 5.82 Å². The Bertz CT molecular complexity index is 396. The molecule has 0 bridgehead atoms. The van der Waals surface area contributed by atoms with E-state index in [2.05, 4.69) is 9.97 Å². The first kappa shape index (κ1) is 9.58.